The number of amides is 2. The highest BCUT2D eigenvalue weighted by Crippen LogP contribution is 2.25. The van der Waals surface area contributed by atoms with Crippen LogP contribution in [0.2, 0.25) is 5.02 Å². The molecule has 0 spiro atoms. The van der Waals surface area contributed by atoms with Gasteiger partial charge in [0.15, 0.2) is 0 Å². The van der Waals surface area contributed by atoms with Gasteiger partial charge >= 0.3 is 6.03 Å². The molecule has 0 aliphatic rings. The first-order valence-electron chi connectivity index (χ1n) is 10.2. The number of aromatic nitrogens is 2. The Hall–Kier alpha value is -3.47. The number of H-pyrrole nitrogens is 1. The number of carbonyl (C=O) groups is 1. The molecule has 33 heavy (non-hydrogen) atoms. The van der Waals surface area contributed by atoms with E-state index >= 15 is 0 Å². The topological polar surface area (TPSA) is 134 Å². The van der Waals surface area contributed by atoms with Crippen LogP contribution in [0.1, 0.15) is 12.0 Å². The molecule has 1 heterocycles. The van der Waals surface area contributed by atoms with Crippen LogP contribution in [0.15, 0.2) is 53.5 Å². The Morgan fingerprint density at radius 1 is 1.21 bits per heavy atom. The maximum Gasteiger partial charge on any atom is 0.326 e. The van der Waals surface area contributed by atoms with Gasteiger partial charge in [-0.1, -0.05) is 35.9 Å². The summed E-state index contributed by atoms with van der Waals surface area (Å²) in [5, 5.41) is 8.70. The Balaban J connectivity index is 1.67. The number of para-hydroxylation sites is 2. The average Bonchev–Trinajstić information content (AvgIpc) is 2.79. The monoisotopic (exact) mass is 474 g/mol. The molecule has 0 atom stereocenters. The molecule has 0 radical (unpaired) electrons. The predicted molar refractivity (Wildman–Crippen MR) is 126 cm³/mol. The lowest BCUT2D eigenvalue weighted by molar-refractivity contribution is 0.192. The van der Waals surface area contributed by atoms with Gasteiger partial charge in [-0.2, -0.15) is 4.98 Å². The van der Waals surface area contributed by atoms with Crippen molar-refractivity contribution in [2.75, 3.05) is 30.6 Å². The molecule has 2 aromatic carbocycles. The number of hydrogen-bond donors (Lipinski definition) is 5. The Kier molecular flexibility index (Phi) is 8.76. The summed E-state index contributed by atoms with van der Waals surface area (Å²) in [7, 11) is 0. The van der Waals surface area contributed by atoms with Gasteiger partial charge in [0.1, 0.15) is 5.75 Å². The molecular formula is C22H24ClFN6O3. The van der Waals surface area contributed by atoms with Gasteiger partial charge < -0.3 is 26.1 Å². The molecule has 0 aliphatic carbocycles. The molecule has 0 saturated heterocycles. The Labute approximate surface area is 194 Å². The quantitative estimate of drug-likeness (QED) is 0.285. The summed E-state index contributed by atoms with van der Waals surface area (Å²) in [6.07, 6.45) is 2.31. The minimum atomic E-state index is -1.04. The molecule has 0 aliphatic heterocycles. The summed E-state index contributed by atoms with van der Waals surface area (Å²) in [6, 6.07) is 11.0. The van der Waals surface area contributed by atoms with Crippen molar-refractivity contribution in [3.05, 3.63) is 69.6 Å². The highest BCUT2D eigenvalue weighted by molar-refractivity contribution is 6.31. The number of nitrogens with one attached hydrogen (secondary N) is 4. The summed E-state index contributed by atoms with van der Waals surface area (Å²) >= 11 is 6.36. The second-order valence-corrected chi connectivity index (χ2v) is 7.33. The van der Waals surface area contributed by atoms with Crippen molar-refractivity contribution in [3.63, 3.8) is 0 Å². The number of ether oxygens (including phenoxy) is 1. The number of benzene rings is 2. The molecule has 0 saturated carbocycles. The second kappa shape index (κ2) is 12.0. The first-order chi connectivity index (χ1) is 16.0. The van der Waals surface area contributed by atoms with Crippen molar-refractivity contribution in [2.45, 2.75) is 13.0 Å². The second-order valence-electron chi connectivity index (χ2n) is 6.92. The average molecular weight is 475 g/mol. The molecule has 0 bridgehead atoms. The van der Waals surface area contributed by atoms with Crippen molar-refractivity contribution in [2.24, 2.45) is 5.73 Å². The van der Waals surface area contributed by atoms with Crippen LogP contribution in [0, 0.1) is 0 Å². The SMILES string of the molecule is NCCCNCc1ccc(-c2c[nH]c(NC(=O)Nc3ccccc3OCF)nc2=O)cc1Cl. The largest absolute Gasteiger partial charge is 0.461 e. The fourth-order valence-corrected chi connectivity index (χ4v) is 3.24. The van der Waals surface area contributed by atoms with E-state index in [1.54, 1.807) is 30.3 Å². The van der Waals surface area contributed by atoms with Gasteiger partial charge in [0.05, 0.1) is 11.3 Å². The number of aromatic amines is 1. The molecule has 174 valence electrons. The summed E-state index contributed by atoms with van der Waals surface area (Å²) in [5.74, 6) is 0.110. The van der Waals surface area contributed by atoms with Crippen LogP contribution in [-0.4, -0.2) is 35.9 Å². The fraction of sp³-hybridized carbons (Fsp3) is 0.227. The van der Waals surface area contributed by atoms with E-state index in [2.05, 4.69) is 25.9 Å². The molecule has 3 aromatic rings. The van der Waals surface area contributed by atoms with Crippen LogP contribution in [0.4, 0.5) is 20.8 Å². The van der Waals surface area contributed by atoms with Crippen LogP contribution in [0.25, 0.3) is 11.1 Å². The molecule has 1 aromatic heterocycles. The van der Waals surface area contributed by atoms with E-state index < -0.39 is 18.5 Å². The van der Waals surface area contributed by atoms with E-state index in [0.29, 0.717) is 29.2 Å². The van der Waals surface area contributed by atoms with Crippen LogP contribution >= 0.6 is 11.6 Å². The molecule has 0 fully saturated rings. The highest BCUT2D eigenvalue weighted by Gasteiger charge is 2.12. The van der Waals surface area contributed by atoms with Crippen molar-refractivity contribution < 1.29 is 13.9 Å². The normalized spacial score (nSPS) is 10.6. The van der Waals surface area contributed by atoms with E-state index in [-0.39, 0.29) is 17.4 Å². The number of urea groups is 1. The smallest absolute Gasteiger partial charge is 0.326 e. The van der Waals surface area contributed by atoms with Gasteiger partial charge in [0.25, 0.3) is 5.56 Å². The third kappa shape index (κ3) is 6.75. The van der Waals surface area contributed by atoms with Crippen LogP contribution in [0.3, 0.4) is 0 Å². The lowest BCUT2D eigenvalue weighted by atomic mass is 10.1. The highest BCUT2D eigenvalue weighted by atomic mass is 35.5. The lowest BCUT2D eigenvalue weighted by Gasteiger charge is -2.11. The van der Waals surface area contributed by atoms with Crippen LogP contribution in [-0.2, 0) is 6.54 Å². The minimum Gasteiger partial charge on any atom is -0.461 e. The Morgan fingerprint density at radius 2 is 2.03 bits per heavy atom. The van der Waals surface area contributed by atoms with Crippen LogP contribution in [0.5, 0.6) is 5.75 Å². The third-order valence-electron chi connectivity index (χ3n) is 4.61. The zero-order valence-electron chi connectivity index (χ0n) is 17.7. The third-order valence-corrected chi connectivity index (χ3v) is 4.96. The van der Waals surface area contributed by atoms with E-state index in [1.165, 1.54) is 12.3 Å². The molecule has 6 N–H and O–H groups in total. The van der Waals surface area contributed by atoms with E-state index in [1.807, 2.05) is 6.07 Å². The van der Waals surface area contributed by atoms with Gasteiger partial charge in [0, 0.05) is 17.8 Å². The van der Waals surface area contributed by atoms with Crippen LogP contribution < -0.4 is 32.0 Å². The first-order valence-corrected chi connectivity index (χ1v) is 10.5. The van der Waals surface area contributed by atoms with Gasteiger partial charge in [0.2, 0.25) is 12.8 Å². The zero-order chi connectivity index (χ0) is 23.6. The molecule has 11 heteroatoms. The molecule has 2 amide bonds. The standard InChI is InChI=1S/C22H24ClFN6O3/c23-17-10-14(6-7-15(17)11-26-9-3-8-25)16-12-27-21(29-20(16)31)30-22(32)28-18-4-1-2-5-19(18)33-13-24/h1-2,4-7,10,12,26H,3,8-9,11,13,25H2,(H3,27,28,29,30,31,32). The summed E-state index contributed by atoms with van der Waals surface area (Å²) < 4.78 is 17.3. The molecule has 3 rings (SSSR count). The number of alkyl halides is 1. The van der Waals surface area contributed by atoms with Gasteiger partial charge in [-0.15, -0.1) is 0 Å². The van der Waals surface area contributed by atoms with Crippen molar-refractivity contribution >= 4 is 29.3 Å². The number of halogens is 2. The van der Waals surface area contributed by atoms with E-state index in [4.69, 9.17) is 22.1 Å². The summed E-state index contributed by atoms with van der Waals surface area (Å²) in [4.78, 5) is 31.4. The number of carbonyl (C=O) groups excluding carboxylic acids is 1. The van der Waals surface area contributed by atoms with Gasteiger partial charge in [-0.3, -0.25) is 10.1 Å². The first kappa shape index (κ1) is 24.2. The number of nitrogens with two attached hydrogens (primary N) is 1. The van der Waals surface area contributed by atoms with Gasteiger partial charge in [-0.25, -0.2) is 9.18 Å². The van der Waals surface area contributed by atoms with Gasteiger partial charge in [-0.05, 0) is 48.8 Å². The maximum atomic E-state index is 12.5. The zero-order valence-corrected chi connectivity index (χ0v) is 18.4. The molecule has 9 nitrogen and oxygen atoms in total. The Morgan fingerprint density at radius 3 is 2.76 bits per heavy atom. The number of anilines is 2. The summed E-state index contributed by atoms with van der Waals surface area (Å²) in [5.41, 5.74) is 6.98. The molecule has 0 unspecified atom stereocenters. The van der Waals surface area contributed by atoms with Crippen molar-refractivity contribution in [1.29, 1.82) is 0 Å². The predicted octanol–water partition coefficient (Wildman–Crippen LogP) is 3.48. The molecular weight excluding hydrogens is 451 g/mol. The maximum absolute atomic E-state index is 12.5. The lowest BCUT2D eigenvalue weighted by Crippen LogP contribution is -2.23. The Bertz CT molecular complexity index is 1160. The number of hydrogen-bond acceptors (Lipinski definition) is 6. The van der Waals surface area contributed by atoms with E-state index in [9.17, 15) is 14.0 Å². The minimum absolute atomic E-state index is 0.0584. The summed E-state index contributed by atoms with van der Waals surface area (Å²) in [6.45, 7) is 0.953. The van der Waals surface area contributed by atoms with E-state index in [0.717, 1.165) is 18.5 Å². The van der Waals surface area contributed by atoms with Crippen molar-refractivity contribution in [3.8, 4) is 16.9 Å². The van der Waals surface area contributed by atoms with Crippen molar-refractivity contribution in [1.82, 2.24) is 15.3 Å². The number of nitrogens with zero attached hydrogens (tertiary/aromatic N) is 1. The fourth-order valence-electron chi connectivity index (χ4n) is 2.99. The number of rotatable bonds is 10.